The van der Waals surface area contributed by atoms with Crippen molar-refractivity contribution in [1.29, 1.82) is 0 Å². The lowest BCUT2D eigenvalue weighted by Gasteiger charge is -2.37. The normalized spacial score (nSPS) is 18.9. The molecule has 1 aliphatic heterocycles. The highest BCUT2D eigenvalue weighted by Gasteiger charge is 2.23. The maximum absolute atomic E-state index is 5.53. The fourth-order valence-electron chi connectivity index (χ4n) is 3.41. The van der Waals surface area contributed by atoms with Crippen LogP contribution in [-0.2, 0) is 11.2 Å². The van der Waals surface area contributed by atoms with Crippen LogP contribution in [-0.4, -0.2) is 69.4 Å². The van der Waals surface area contributed by atoms with Gasteiger partial charge in [-0.25, -0.2) is 0 Å². The monoisotopic (exact) mass is 504 g/mol. The molecule has 0 amide bonds. The zero-order valence-corrected chi connectivity index (χ0v) is 20.3. The summed E-state index contributed by atoms with van der Waals surface area (Å²) in [5, 5.41) is 6.79. The quantitative estimate of drug-likeness (QED) is 0.324. The van der Waals surface area contributed by atoms with Gasteiger partial charge in [-0.3, -0.25) is 9.89 Å². The Labute approximate surface area is 187 Å². The average Bonchev–Trinajstić information content (AvgIpc) is 2.67. The second kappa shape index (κ2) is 13.2. The molecule has 0 aliphatic carbocycles. The van der Waals surface area contributed by atoms with Gasteiger partial charge in [-0.2, -0.15) is 0 Å². The fourth-order valence-corrected chi connectivity index (χ4v) is 3.41. The smallest absolute Gasteiger partial charge is 0.191 e. The molecule has 0 bridgehead atoms. The number of hydrogen-bond donors (Lipinski definition) is 2. The van der Waals surface area contributed by atoms with Gasteiger partial charge in [0.15, 0.2) is 5.96 Å². The summed E-state index contributed by atoms with van der Waals surface area (Å²) < 4.78 is 10.9. The molecule has 1 heterocycles. The molecule has 0 spiro atoms. The molecule has 2 rings (SSSR count). The van der Waals surface area contributed by atoms with Gasteiger partial charge in [-0.1, -0.05) is 12.1 Å². The molecule has 2 atom stereocenters. The number of benzene rings is 1. The molecule has 28 heavy (non-hydrogen) atoms. The van der Waals surface area contributed by atoms with E-state index in [1.807, 2.05) is 0 Å². The minimum Gasteiger partial charge on any atom is -0.496 e. The lowest BCUT2D eigenvalue weighted by molar-refractivity contribution is -0.0165. The Morgan fingerprint density at radius 1 is 1.39 bits per heavy atom. The summed E-state index contributed by atoms with van der Waals surface area (Å²) in [6, 6.07) is 7.24. The van der Waals surface area contributed by atoms with E-state index in [4.69, 9.17) is 14.5 Å². The van der Waals surface area contributed by atoms with Gasteiger partial charge in [0.05, 0.1) is 26.9 Å². The van der Waals surface area contributed by atoms with Crippen LogP contribution in [0.5, 0.6) is 5.75 Å². The van der Waals surface area contributed by atoms with Crippen LogP contribution >= 0.6 is 24.0 Å². The van der Waals surface area contributed by atoms with Crippen molar-refractivity contribution in [3.63, 3.8) is 0 Å². The predicted molar refractivity (Wildman–Crippen MR) is 127 cm³/mol. The standard InChI is InChI=1S/C21H36N4O2.HI/c1-6-22-21(24-14-17(3)25-11-12-27-15-18(25)4)23-10-9-19-8-7-16(2)20(13-19)26-5;/h7-8,13,17-18H,6,9-12,14-15H2,1-5H3,(H2,22,23,24);1H. The highest BCUT2D eigenvalue weighted by atomic mass is 127. The van der Waals surface area contributed by atoms with E-state index in [0.717, 1.165) is 63.1 Å². The molecule has 160 valence electrons. The van der Waals surface area contributed by atoms with E-state index in [1.165, 1.54) is 5.56 Å². The van der Waals surface area contributed by atoms with E-state index >= 15 is 0 Å². The highest BCUT2D eigenvalue weighted by molar-refractivity contribution is 14.0. The van der Waals surface area contributed by atoms with Gasteiger partial charge >= 0.3 is 0 Å². The molecule has 0 saturated carbocycles. The molecular weight excluding hydrogens is 467 g/mol. The first kappa shape index (κ1) is 25.0. The summed E-state index contributed by atoms with van der Waals surface area (Å²) in [4.78, 5) is 7.27. The number of ether oxygens (including phenoxy) is 2. The second-order valence-corrected chi connectivity index (χ2v) is 7.21. The van der Waals surface area contributed by atoms with E-state index < -0.39 is 0 Å². The van der Waals surface area contributed by atoms with Gasteiger partial charge in [-0.15, -0.1) is 24.0 Å². The van der Waals surface area contributed by atoms with E-state index in [2.05, 4.69) is 61.4 Å². The Bertz CT molecular complexity index is 612. The summed E-state index contributed by atoms with van der Waals surface area (Å²) >= 11 is 0. The lowest BCUT2D eigenvalue weighted by atomic mass is 10.1. The first-order valence-electron chi connectivity index (χ1n) is 10.0. The van der Waals surface area contributed by atoms with Crippen molar-refractivity contribution >= 4 is 29.9 Å². The highest BCUT2D eigenvalue weighted by Crippen LogP contribution is 2.19. The number of aryl methyl sites for hydroxylation is 1. The van der Waals surface area contributed by atoms with Crippen molar-refractivity contribution in [2.45, 2.75) is 46.2 Å². The first-order chi connectivity index (χ1) is 13.0. The van der Waals surface area contributed by atoms with Gasteiger partial charge in [-0.05, 0) is 51.3 Å². The molecule has 0 aromatic heterocycles. The lowest BCUT2D eigenvalue weighted by Crippen LogP contribution is -2.49. The van der Waals surface area contributed by atoms with Crippen molar-refractivity contribution < 1.29 is 9.47 Å². The van der Waals surface area contributed by atoms with Crippen molar-refractivity contribution in [3.05, 3.63) is 29.3 Å². The molecule has 6 nitrogen and oxygen atoms in total. The number of aliphatic imine (C=N–C) groups is 1. The Balaban J connectivity index is 0.00000392. The number of nitrogens with zero attached hydrogens (tertiary/aromatic N) is 2. The number of hydrogen-bond acceptors (Lipinski definition) is 4. The average molecular weight is 504 g/mol. The molecule has 1 saturated heterocycles. The minimum absolute atomic E-state index is 0. The summed E-state index contributed by atoms with van der Waals surface area (Å²) in [6.45, 7) is 13.7. The van der Waals surface area contributed by atoms with E-state index in [1.54, 1.807) is 7.11 Å². The van der Waals surface area contributed by atoms with E-state index in [-0.39, 0.29) is 24.0 Å². The molecular formula is C21H37IN4O2. The maximum atomic E-state index is 5.53. The second-order valence-electron chi connectivity index (χ2n) is 7.21. The van der Waals surface area contributed by atoms with Gasteiger partial charge in [0.2, 0.25) is 0 Å². The molecule has 0 radical (unpaired) electrons. The van der Waals surface area contributed by atoms with E-state index in [9.17, 15) is 0 Å². The SMILES string of the molecule is CCNC(=NCC(C)N1CCOCC1C)NCCc1ccc(C)c(OC)c1.I. The molecule has 1 aromatic rings. The van der Waals surface area contributed by atoms with Crippen molar-refractivity contribution in [1.82, 2.24) is 15.5 Å². The summed E-state index contributed by atoms with van der Waals surface area (Å²) in [5.74, 6) is 1.82. The number of guanidine groups is 1. The van der Waals surface area contributed by atoms with Crippen LogP contribution in [0.4, 0.5) is 0 Å². The third-order valence-corrected chi connectivity index (χ3v) is 5.02. The van der Waals surface area contributed by atoms with Crippen molar-refractivity contribution in [2.24, 2.45) is 4.99 Å². The van der Waals surface area contributed by atoms with Gasteiger partial charge in [0, 0.05) is 31.7 Å². The topological polar surface area (TPSA) is 58.1 Å². The minimum atomic E-state index is 0. The predicted octanol–water partition coefficient (Wildman–Crippen LogP) is 2.83. The largest absolute Gasteiger partial charge is 0.496 e. The first-order valence-corrected chi connectivity index (χ1v) is 10.0. The van der Waals surface area contributed by atoms with Crippen LogP contribution in [0.15, 0.2) is 23.2 Å². The fraction of sp³-hybridized carbons (Fsp3) is 0.667. The van der Waals surface area contributed by atoms with Crippen LogP contribution in [0.3, 0.4) is 0 Å². The zero-order chi connectivity index (χ0) is 19.6. The van der Waals surface area contributed by atoms with Crippen LogP contribution < -0.4 is 15.4 Å². The van der Waals surface area contributed by atoms with Gasteiger partial charge in [0.1, 0.15) is 5.75 Å². The van der Waals surface area contributed by atoms with Crippen LogP contribution in [0.2, 0.25) is 0 Å². The summed E-state index contributed by atoms with van der Waals surface area (Å²) in [7, 11) is 1.72. The van der Waals surface area contributed by atoms with Crippen LogP contribution in [0, 0.1) is 6.92 Å². The third-order valence-electron chi connectivity index (χ3n) is 5.02. The summed E-state index contributed by atoms with van der Waals surface area (Å²) in [6.07, 6.45) is 0.928. The maximum Gasteiger partial charge on any atom is 0.191 e. The Morgan fingerprint density at radius 2 is 2.18 bits per heavy atom. The number of methoxy groups -OCH3 is 1. The number of halogens is 1. The van der Waals surface area contributed by atoms with Crippen molar-refractivity contribution in [2.75, 3.05) is 46.5 Å². The molecule has 1 aromatic carbocycles. The molecule has 2 N–H and O–H groups in total. The molecule has 7 heteroatoms. The molecule has 1 aliphatic rings. The van der Waals surface area contributed by atoms with E-state index in [0.29, 0.717) is 12.1 Å². The summed E-state index contributed by atoms with van der Waals surface area (Å²) in [5.41, 5.74) is 2.42. The molecule has 1 fully saturated rings. The Morgan fingerprint density at radius 3 is 2.86 bits per heavy atom. The third kappa shape index (κ3) is 7.75. The van der Waals surface area contributed by atoms with Gasteiger partial charge < -0.3 is 20.1 Å². The van der Waals surface area contributed by atoms with Crippen LogP contribution in [0.1, 0.15) is 31.9 Å². The Kier molecular flexibility index (Phi) is 11.8. The number of rotatable bonds is 8. The van der Waals surface area contributed by atoms with Crippen molar-refractivity contribution in [3.8, 4) is 5.75 Å². The number of morpholine rings is 1. The Hall–Kier alpha value is -1.06. The van der Waals surface area contributed by atoms with Gasteiger partial charge in [0.25, 0.3) is 0 Å². The molecule has 2 unspecified atom stereocenters. The van der Waals surface area contributed by atoms with Crippen LogP contribution in [0.25, 0.3) is 0 Å². The zero-order valence-electron chi connectivity index (χ0n) is 18.0. The number of nitrogens with one attached hydrogen (secondary N) is 2.